The predicted octanol–water partition coefficient (Wildman–Crippen LogP) is 4.17. The fraction of sp³-hybridized carbons (Fsp3) is 0.118. The Morgan fingerprint density at radius 1 is 1.04 bits per heavy atom. The van der Waals surface area contributed by atoms with Crippen LogP contribution in [0.3, 0.4) is 0 Å². The van der Waals surface area contributed by atoms with E-state index in [9.17, 15) is 18.0 Å². The van der Waals surface area contributed by atoms with Gasteiger partial charge in [-0.15, -0.1) is 10.2 Å². The number of para-hydroxylation sites is 1. The smallest absolute Gasteiger partial charge is 0.324 e. The van der Waals surface area contributed by atoms with Crippen LogP contribution >= 0.6 is 11.6 Å². The molecule has 0 saturated heterocycles. The minimum absolute atomic E-state index is 0.104. The minimum atomic E-state index is -4.54. The summed E-state index contributed by atoms with van der Waals surface area (Å²) in [4.78, 5) is 14.6. The molecule has 5 nitrogen and oxygen atoms in total. The maximum absolute atomic E-state index is 13.0. The first-order valence-corrected chi connectivity index (χ1v) is 7.85. The number of aromatic amines is 1. The van der Waals surface area contributed by atoms with E-state index in [1.807, 2.05) is 0 Å². The van der Waals surface area contributed by atoms with E-state index in [1.165, 1.54) is 18.2 Å². The maximum atomic E-state index is 13.0. The van der Waals surface area contributed by atoms with Crippen molar-refractivity contribution in [3.8, 4) is 0 Å². The lowest BCUT2D eigenvalue weighted by atomic mass is 10.1. The summed E-state index contributed by atoms with van der Waals surface area (Å²) in [5, 5.41) is 10.5. The summed E-state index contributed by atoms with van der Waals surface area (Å²) in [6.45, 7) is 0. The van der Waals surface area contributed by atoms with Crippen molar-refractivity contribution >= 4 is 23.2 Å². The lowest BCUT2D eigenvalue weighted by Crippen LogP contribution is -2.19. The van der Waals surface area contributed by atoms with Crippen LogP contribution in [0.4, 0.5) is 24.8 Å². The average Bonchev–Trinajstić information content (AvgIpc) is 2.59. The zero-order valence-electron chi connectivity index (χ0n) is 13.1. The number of aromatic nitrogens is 3. The second-order valence-electron chi connectivity index (χ2n) is 5.39. The van der Waals surface area contributed by atoms with Gasteiger partial charge in [0.2, 0.25) is 5.95 Å². The molecule has 26 heavy (non-hydrogen) atoms. The van der Waals surface area contributed by atoms with E-state index >= 15 is 0 Å². The summed E-state index contributed by atoms with van der Waals surface area (Å²) in [7, 11) is 0. The van der Waals surface area contributed by atoms with Crippen molar-refractivity contribution < 1.29 is 13.2 Å². The molecule has 0 unspecified atom stereocenters. The van der Waals surface area contributed by atoms with E-state index in [-0.39, 0.29) is 23.8 Å². The van der Waals surface area contributed by atoms with Crippen LogP contribution in [0.15, 0.2) is 53.3 Å². The first-order valence-electron chi connectivity index (χ1n) is 7.47. The summed E-state index contributed by atoms with van der Waals surface area (Å²) in [5.41, 5.74) is -0.872. The van der Waals surface area contributed by atoms with Crippen molar-refractivity contribution in [1.29, 1.82) is 0 Å². The van der Waals surface area contributed by atoms with Crippen LogP contribution in [-0.4, -0.2) is 15.2 Å². The van der Waals surface area contributed by atoms with E-state index in [1.54, 1.807) is 24.3 Å². The van der Waals surface area contributed by atoms with Crippen LogP contribution in [0, 0.1) is 0 Å². The zero-order valence-corrected chi connectivity index (χ0v) is 13.9. The number of alkyl halides is 3. The van der Waals surface area contributed by atoms with Gasteiger partial charge in [-0.2, -0.15) is 13.2 Å². The van der Waals surface area contributed by atoms with Crippen LogP contribution in [-0.2, 0) is 12.6 Å². The number of benzene rings is 2. The van der Waals surface area contributed by atoms with Crippen molar-refractivity contribution in [2.45, 2.75) is 12.6 Å². The molecule has 0 atom stereocenters. The Balaban J connectivity index is 1.85. The average molecular weight is 381 g/mol. The van der Waals surface area contributed by atoms with Gasteiger partial charge in [0.25, 0.3) is 5.56 Å². The molecule has 0 fully saturated rings. The van der Waals surface area contributed by atoms with E-state index in [0.717, 1.165) is 6.07 Å². The second kappa shape index (κ2) is 7.17. The van der Waals surface area contributed by atoms with Gasteiger partial charge in [-0.05, 0) is 23.8 Å². The highest BCUT2D eigenvalue weighted by molar-refractivity contribution is 6.31. The maximum Gasteiger partial charge on any atom is 0.418 e. The number of anilines is 2. The van der Waals surface area contributed by atoms with Gasteiger partial charge in [-0.3, -0.25) is 9.78 Å². The van der Waals surface area contributed by atoms with Crippen LogP contribution < -0.4 is 10.9 Å². The van der Waals surface area contributed by atoms with Crippen LogP contribution in [0.1, 0.15) is 16.8 Å². The quantitative estimate of drug-likeness (QED) is 0.712. The third-order valence-electron chi connectivity index (χ3n) is 3.57. The third kappa shape index (κ3) is 4.02. The number of hydrogen-bond acceptors (Lipinski definition) is 4. The summed E-state index contributed by atoms with van der Waals surface area (Å²) in [5.74, 6) is -0.186. The normalized spacial score (nSPS) is 11.4. The number of rotatable bonds is 4. The Labute approximate surface area is 150 Å². The molecule has 0 saturated carbocycles. The Morgan fingerprint density at radius 2 is 1.73 bits per heavy atom. The number of H-pyrrole nitrogens is 1. The SMILES string of the molecule is O=c1[nH]c(Nc2ccccc2C(F)(F)F)nnc1Cc1ccccc1Cl. The fourth-order valence-electron chi connectivity index (χ4n) is 2.32. The van der Waals surface area contributed by atoms with Gasteiger partial charge in [0, 0.05) is 11.4 Å². The monoisotopic (exact) mass is 380 g/mol. The first-order chi connectivity index (χ1) is 12.3. The molecule has 3 aromatic rings. The molecule has 2 aromatic carbocycles. The van der Waals surface area contributed by atoms with Crippen LogP contribution in [0.2, 0.25) is 5.02 Å². The van der Waals surface area contributed by atoms with Crippen LogP contribution in [0.5, 0.6) is 0 Å². The van der Waals surface area contributed by atoms with Crippen molar-refractivity contribution in [2.24, 2.45) is 0 Å². The molecule has 0 amide bonds. The molecule has 1 aromatic heterocycles. The lowest BCUT2D eigenvalue weighted by molar-refractivity contribution is -0.136. The van der Waals surface area contributed by atoms with Crippen molar-refractivity contribution in [1.82, 2.24) is 15.2 Å². The van der Waals surface area contributed by atoms with E-state index in [2.05, 4.69) is 20.5 Å². The molecule has 3 rings (SSSR count). The topological polar surface area (TPSA) is 70.7 Å². The summed E-state index contributed by atoms with van der Waals surface area (Å²) >= 11 is 6.05. The standard InChI is InChI=1S/C17H12ClF3N4O/c18-12-7-3-1-5-10(12)9-14-15(26)23-16(25-24-14)22-13-8-4-2-6-11(13)17(19,20)21/h1-8H,9H2,(H2,22,23,25,26). The number of nitrogens with zero attached hydrogens (tertiary/aromatic N) is 2. The summed E-state index contributed by atoms with van der Waals surface area (Å²) in [6, 6.07) is 11.8. The van der Waals surface area contributed by atoms with Crippen LogP contribution in [0.25, 0.3) is 0 Å². The molecular formula is C17H12ClF3N4O. The molecule has 0 aliphatic carbocycles. The summed E-state index contributed by atoms with van der Waals surface area (Å²) in [6.07, 6.45) is -4.39. The third-order valence-corrected chi connectivity index (χ3v) is 3.93. The minimum Gasteiger partial charge on any atom is -0.324 e. The van der Waals surface area contributed by atoms with Crippen molar-refractivity contribution in [3.63, 3.8) is 0 Å². The molecule has 1 heterocycles. The first kappa shape index (κ1) is 17.9. The van der Waals surface area contributed by atoms with Crippen molar-refractivity contribution in [3.05, 3.63) is 80.7 Å². The lowest BCUT2D eigenvalue weighted by Gasteiger charge is -2.13. The highest BCUT2D eigenvalue weighted by Gasteiger charge is 2.33. The van der Waals surface area contributed by atoms with Gasteiger partial charge in [0.15, 0.2) is 0 Å². The number of halogens is 4. The Hall–Kier alpha value is -2.87. The van der Waals surface area contributed by atoms with E-state index < -0.39 is 17.3 Å². The predicted molar refractivity (Wildman–Crippen MR) is 91.6 cm³/mol. The molecule has 0 radical (unpaired) electrons. The van der Waals surface area contributed by atoms with E-state index in [0.29, 0.717) is 10.6 Å². The molecular weight excluding hydrogens is 369 g/mol. The Morgan fingerprint density at radius 3 is 2.42 bits per heavy atom. The van der Waals surface area contributed by atoms with Gasteiger partial charge in [0.05, 0.1) is 11.3 Å². The Bertz CT molecular complexity index is 988. The molecule has 9 heteroatoms. The van der Waals surface area contributed by atoms with Gasteiger partial charge in [0.1, 0.15) is 5.69 Å². The molecule has 0 bridgehead atoms. The highest BCUT2D eigenvalue weighted by Crippen LogP contribution is 2.35. The molecule has 0 aliphatic heterocycles. The van der Waals surface area contributed by atoms with Crippen molar-refractivity contribution in [2.75, 3.05) is 5.32 Å². The number of nitrogens with one attached hydrogen (secondary N) is 2. The fourth-order valence-corrected chi connectivity index (χ4v) is 2.52. The largest absolute Gasteiger partial charge is 0.418 e. The highest BCUT2D eigenvalue weighted by atomic mass is 35.5. The van der Waals surface area contributed by atoms with E-state index in [4.69, 9.17) is 11.6 Å². The molecule has 2 N–H and O–H groups in total. The number of hydrogen-bond donors (Lipinski definition) is 2. The Kier molecular flexibility index (Phi) is 4.94. The van der Waals surface area contributed by atoms with Gasteiger partial charge in [-0.25, -0.2) is 0 Å². The van der Waals surface area contributed by atoms with Gasteiger partial charge >= 0.3 is 6.18 Å². The molecule has 0 aliphatic rings. The zero-order chi connectivity index (χ0) is 18.7. The van der Waals surface area contributed by atoms with Gasteiger partial charge in [-0.1, -0.05) is 41.9 Å². The molecule has 134 valence electrons. The van der Waals surface area contributed by atoms with Gasteiger partial charge < -0.3 is 5.32 Å². The summed E-state index contributed by atoms with van der Waals surface area (Å²) < 4.78 is 39.0. The second-order valence-corrected chi connectivity index (χ2v) is 5.79. The molecule has 0 spiro atoms.